The summed E-state index contributed by atoms with van der Waals surface area (Å²) in [7, 11) is 1.61. The van der Waals surface area contributed by atoms with Crippen LogP contribution in [0.4, 0.5) is 5.82 Å². The standard InChI is InChI=1S/C19H23N5O3S/c1-11-23-14(8-28-11)18(25)20-6-12-13-7-24(9-19(13)4-3-15(12)27-19)16-5-17(26-2)22-10-21-16/h5,8,10,12-13,15H,3-4,6-7,9H2,1-2H3,(H,20,25)/t12-,13+,15+,19+/m0/s1. The van der Waals surface area contributed by atoms with E-state index in [1.807, 2.05) is 18.4 Å². The highest BCUT2D eigenvalue weighted by molar-refractivity contribution is 7.09. The highest BCUT2D eigenvalue weighted by atomic mass is 32.1. The lowest BCUT2D eigenvalue weighted by molar-refractivity contribution is 0.0141. The maximum absolute atomic E-state index is 12.4. The number of hydrogen-bond donors (Lipinski definition) is 1. The topological polar surface area (TPSA) is 89.5 Å². The zero-order valence-electron chi connectivity index (χ0n) is 15.9. The zero-order valence-corrected chi connectivity index (χ0v) is 16.7. The van der Waals surface area contributed by atoms with E-state index in [0.717, 1.165) is 36.8 Å². The molecule has 0 aromatic carbocycles. The van der Waals surface area contributed by atoms with Gasteiger partial charge in [-0.2, -0.15) is 0 Å². The van der Waals surface area contributed by atoms with Crippen molar-refractivity contribution in [2.24, 2.45) is 11.8 Å². The molecular weight excluding hydrogens is 378 g/mol. The van der Waals surface area contributed by atoms with Gasteiger partial charge >= 0.3 is 0 Å². The highest BCUT2D eigenvalue weighted by Crippen LogP contribution is 2.55. The van der Waals surface area contributed by atoms with Gasteiger partial charge in [-0.25, -0.2) is 15.0 Å². The van der Waals surface area contributed by atoms with Gasteiger partial charge in [0.25, 0.3) is 5.91 Å². The molecule has 5 heterocycles. The molecule has 8 nitrogen and oxygen atoms in total. The van der Waals surface area contributed by atoms with Crippen molar-refractivity contribution < 1.29 is 14.3 Å². The molecule has 2 aromatic heterocycles. The maximum atomic E-state index is 12.4. The van der Waals surface area contributed by atoms with Crippen molar-refractivity contribution in [2.75, 3.05) is 31.6 Å². The second-order valence-electron chi connectivity index (χ2n) is 7.79. The monoisotopic (exact) mass is 401 g/mol. The van der Waals surface area contributed by atoms with Gasteiger partial charge in [0.1, 0.15) is 17.8 Å². The molecule has 3 fully saturated rings. The number of carbonyl (C=O) groups is 1. The Morgan fingerprint density at radius 2 is 2.39 bits per heavy atom. The van der Waals surface area contributed by atoms with Crippen LogP contribution in [0.2, 0.25) is 0 Å². The molecule has 2 bridgehead atoms. The summed E-state index contributed by atoms with van der Waals surface area (Å²) >= 11 is 1.49. The van der Waals surface area contributed by atoms with Crippen LogP contribution >= 0.6 is 11.3 Å². The lowest BCUT2D eigenvalue weighted by Crippen LogP contribution is -2.42. The second kappa shape index (κ2) is 6.66. The van der Waals surface area contributed by atoms with Gasteiger partial charge in [0.05, 0.1) is 23.8 Å². The molecule has 3 aliphatic rings. The number of anilines is 1. The maximum Gasteiger partial charge on any atom is 0.270 e. The van der Waals surface area contributed by atoms with Crippen LogP contribution in [0.5, 0.6) is 5.88 Å². The van der Waals surface area contributed by atoms with Gasteiger partial charge in [-0.15, -0.1) is 11.3 Å². The molecule has 0 unspecified atom stereocenters. The summed E-state index contributed by atoms with van der Waals surface area (Å²) in [5, 5.41) is 5.79. The molecule has 1 spiro atoms. The average molecular weight is 401 g/mol. The molecule has 0 aliphatic carbocycles. The summed E-state index contributed by atoms with van der Waals surface area (Å²) in [6.45, 7) is 4.22. The predicted molar refractivity (Wildman–Crippen MR) is 104 cm³/mol. The van der Waals surface area contributed by atoms with E-state index in [1.54, 1.807) is 7.11 Å². The normalized spacial score (nSPS) is 30.5. The largest absolute Gasteiger partial charge is 0.481 e. The van der Waals surface area contributed by atoms with Crippen molar-refractivity contribution in [1.82, 2.24) is 20.3 Å². The number of aromatic nitrogens is 3. The molecular formula is C19H23N5O3S. The summed E-state index contributed by atoms with van der Waals surface area (Å²) in [5.74, 6) is 2.02. The van der Waals surface area contributed by atoms with Gasteiger partial charge in [-0.3, -0.25) is 4.79 Å². The van der Waals surface area contributed by atoms with Gasteiger partial charge in [0.15, 0.2) is 0 Å². The number of thiazole rings is 1. The van der Waals surface area contributed by atoms with E-state index < -0.39 is 0 Å². The van der Waals surface area contributed by atoms with Gasteiger partial charge < -0.3 is 19.7 Å². The van der Waals surface area contributed by atoms with Gasteiger partial charge in [0.2, 0.25) is 5.88 Å². The third-order valence-corrected chi connectivity index (χ3v) is 7.07. The molecule has 2 aromatic rings. The van der Waals surface area contributed by atoms with Crippen LogP contribution < -0.4 is 15.0 Å². The number of nitrogens with one attached hydrogen (secondary N) is 1. The summed E-state index contributed by atoms with van der Waals surface area (Å²) in [4.78, 5) is 27.5. The first-order chi connectivity index (χ1) is 13.6. The van der Waals surface area contributed by atoms with E-state index in [1.165, 1.54) is 17.7 Å². The Hall–Kier alpha value is -2.26. The van der Waals surface area contributed by atoms with Gasteiger partial charge in [0, 0.05) is 42.9 Å². The number of rotatable bonds is 5. The molecule has 1 amide bonds. The van der Waals surface area contributed by atoms with Gasteiger partial charge in [-0.05, 0) is 19.8 Å². The van der Waals surface area contributed by atoms with E-state index in [2.05, 4.69) is 25.2 Å². The molecule has 9 heteroatoms. The minimum absolute atomic E-state index is 0.100. The zero-order chi connectivity index (χ0) is 19.3. The predicted octanol–water partition coefficient (Wildman–Crippen LogP) is 1.66. The molecule has 0 saturated carbocycles. The van der Waals surface area contributed by atoms with Crippen LogP contribution in [0.15, 0.2) is 17.8 Å². The molecule has 3 saturated heterocycles. The number of aryl methyl sites for hydroxylation is 1. The third-order valence-electron chi connectivity index (χ3n) is 6.29. The minimum Gasteiger partial charge on any atom is -0.481 e. The lowest BCUT2D eigenvalue weighted by atomic mass is 9.73. The summed E-state index contributed by atoms with van der Waals surface area (Å²) in [6.07, 6.45) is 3.88. The molecule has 3 aliphatic heterocycles. The number of methoxy groups -OCH3 is 1. The Kier molecular flexibility index (Phi) is 4.24. The van der Waals surface area contributed by atoms with Crippen LogP contribution in [0.25, 0.3) is 0 Å². The van der Waals surface area contributed by atoms with Crippen molar-refractivity contribution in [3.63, 3.8) is 0 Å². The minimum atomic E-state index is -0.129. The first-order valence-corrected chi connectivity index (χ1v) is 10.4. The van der Waals surface area contributed by atoms with Crippen molar-refractivity contribution in [2.45, 2.75) is 31.5 Å². The van der Waals surface area contributed by atoms with Crippen LogP contribution in [0.3, 0.4) is 0 Å². The fourth-order valence-electron chi connectivity index (χ4n) is 5.02. The number of fused-ring (bicyclic) bond motifs is 1. The fraction of sp³-hybridized carbons (Fsp3) is 0.579. The fourth-order valence-corrected chi connectivity index (χ4v) is 5.61. The van der Waals surface area contributed by atoms with Crippen LogP contribution in [0.1, 0.15) is 28.3 Å². The molecule has 148 valence electrons. The van der Waals surface area contributed by atoms with E-state index in [9.17, 15) is 4.79 Å². The highest BCUT2D eigenvalue weighted by Gasteiger charge is 2.63. The molecule has 4 atom stereocenters. The summed E-state index contributed by atoms with van der Waals surface area (Å²) < 4.78 is 11.7. The van der Waals surface area contributed by atoms with E-state index in [-0.39, 0.29) is 17.6 Å². The van der Waals surface area contributed by atoms with E-state index in [0.29, 0.717) is 30.0 Å². The molecule has 5 rings (SSSR count). The van der Waals surface area contributed by atoms with Crippen molar-refractivity contribution >= 4 is 23.1 Å². The Balaban J connectivity index is 1.30. The van der Waals surface area contributed by atoms with Gasteiger partial charge in [-0.1, -0.05) is 0 Å². The lowest BCUT2D eigenvalue weighted by Gasteiger charge is -2.29. The Bertz CT molecular complexity index is 905. The van der Waals surface area contributed by atoms with E-state index in [4.69, 9.17) is 9.47 Å². The van der Waals surface area contributed by atoms with Crippen molar-refractivity contribution in [3.8, 4) is 5.88 Å². The van der Waals surface area contributed by atoms with Crippen molar-refractivity contribution in [1.29, 1.82) is 0 Å². The number of hydrogen-bond acceptors (Lipinski definition) is 8. The summed E-state index contributed by atoms with van der Waals surface area (Å²) in [6, 6.07) is 1.87. The number of amides is 1. The number of ether oxygens (including phenoxy) is 2. The molecule has 28 heavy (non-hydrogen) atoms. The number of nitrogens with zero attached hydrogens (tertiary/aromatic N) is 4. The van der Waals surface area contributed by atoms with E-state index >= 15 is 0 Å². The first kappa shape index (κ1) is 17.8. The molecule has 0 radical (unpaired) electrons. The van der Waals surface area contributed by atoms with Crippen molar-refractivity contribution in [3.05, 3.63) is 28.5 Å². The quantitative estimate of drug-likeness (QED) is 0.815. The Morgan fingerprint density at radius 3 is 3.18 bits per heavy atom. The first-order valence-electron chi connectivity index (χ1n) is 9.57. The SMILES string of the molecule is COc1cc(N2C[C@@H]3[C@H](CNC(=O)c4csc(C)n4)[C@H]4CC[C@]3(C2)O4)ncn1. The Morgan fingerprint density at radius 1 is 1.50 bits per heavy atom. The van der Waals surface area contributed by atoms with Crippen LogP contribution in [-0.2, 0) is 4.74 Å². The molecule has 1 N–H and O–H groups in total. The number of carbonyl (C=O) groups excluding carboxylic acids is 1. The van der Waals surface area contributed by atoms with Crippen LogP contribution in [0, 0.1) is 18.8 Å². The third kappa shape index (κ3) is 2.84. The Labute approximate surface area is 167 Å². The average Bonchev–Trinajstić information content (AvgIpc) is 3.46. The second-order valence-corrected chi connectivity index (χ2v) is 8.85. The smallest absolute Gasteiger partial charge is 0.270 e. The van der Waals surface area contributed by atoms with Crippen LogP contribution in [-0.4, -0.2) is 59.3 Å². The summed E-state index contributed by atoms with van der Waals surface area (Å²) in [5.41, 5.74) is 0.373.